The van der Waals surface area contributed by atoms with E-state index in [2.05, 4.69) is 32.2 Å². The molecular weight excluding hydrogens is 200 g/mol. The second-order valence-corrected chi connectivity index (χ2v) is 4.49. The average Bonchev–Trinajstić information content (AvgIpc) is 2.22. The zero-order valence-corrected chi connectivity index (χ0v) is 10.4. The first-order chi connectivity index (χ1) is 7.59. The van der Waals surface area contributed by atoms with Gasteiger partial charge in [-0.1, -0.05) is 19.9 Å². The Morgan fingerprint density at radius 1 is 1.38 bits per heavy atom. The van der Waals surface area contributed by atoms with Crippen LogP contribution in [-0.2, 0) is 4.74 Å². The molecule has 0 amide bonds. The summed E-state index contributed by atoms with van der Waals surface area (Å²) in [6, 6.07) is 5.99. The summed E-state index contributed by atoms with van der Waals surface area (Å²) >= 11 is 0. The zero-order chi connectivity index (χ0) is 12.0. The maximum Gasteiger partial charge on any atom is 0.0639 e. The molecule has 0 unspecified atom stereocenters. The Morgan fingerprint density at radius 2 is 2.12 bits per heavy atom. The minimum Gasteiger partial charge on any atom is -0.397 e. The van der Waals surface area contributed by atoms with E-state index in [-0.39, 0.29) is 0 Å². The summed E-state index contributed by atoms with van der Waals surface area (Å²) in [6.45, 7) is 8.66. The van der Waals surface area contributed by atoms with Crippen molar-refractivity contribution in [1.82, 2.24) is 0 Å². The summed E-state index contributed by atoms with van der Waals surface area (Å²) in [7, 11) is 0. The van der Waals surface area contributed by atoms with Gasteiger partial charge in [-0.05, 0) is 30.5 Å². The number of anilines is 2. The van der Waals surface area contributed by atoms with Gasteiger partial charge in [-0.2, -0.15) is 0 Å². The zero-order valence-electron chi connectivity index (χ0n) is 10.4. The van der Waals surface area contributed by atoms with E-state index in [4.69, 9.17) is 10.5 Å². The molecule has 0 aliphatic rings. The summed E-state index contributed by atoms with van der Waals surface area (Å²) in [5.74, 6) is 0.587. The third-order valence-electron chi connectivity index (χ3n) is 2.22. The Labute approximate surface area is 98.0 Å². The van der Waals surface area contributed by atoms with Crippen LogP contribution in [-0.4, -0.2) is 19.8 Å². The van der Waals surface area contributed by atoms with E-state index >= 15 is 0 Å². The number of nitrogen functional groups attached to an aromatic ring is 1. The quantitative estimate of drug-likeness (QED) is 0.574. The number of rotatable bonds is 6. The first kappa shape index (κ1) is 12.8. The Bertz CT molecular complexity index is 324. The van der Waals surface area contributed by atoms with Crippen LogP contribution in [0.4, 0.5) is 11.4 Å². The molecule has 0 saturated heterocycles. The van der Waals surface area contributed by atoms with Gasteiger partial charge in [-0.25, -0.2) is 0 Å². The minimum atomic E-state index is 0.587. The maximum absolute atomic E-state index is 5.85. The molecule has 0 aliphatic carbocycles. The van der Waals surface area contributed by atoms with Crippen molar-refractivity contribution in [3.8, 4) is 0 Å². The molecule has 0 fully saturated rings. The molecule has 0 aromatic heterocycles. The molecule has 3 nitrogen and oxygen atoms in total. The van der Waals surface area contributed by atoms with Crippen molar-refractivity contribution >= 4 is 11.4 Å². The van der Waals surface area contributed by atoms with Crippen molar-refractivity contribution in [3.63, 3.8) is 0 Å². The number of hydrogen-bond donors (Lipinski definition) is 2. The van der Waals surface area contributed by atoms with Crippen LogP contribution in [0.5, 0.6) is 0 Å². The van der Waals surface area contributed by atoms with E-state index in [1.54, 1.807) is 0 Å². The summed E-state index contributed by atoms with van der Waals surface area (Å²) < 4.78 is 5.48. The first-order valence-electron chi connectivity index (χ1n) is 5.77. The van der Waals surface area contributed by atoms with Gasteiger partial charge in [0, 0.05) is 13.2 Å². The van der Waals surface area contributed by atoms with Crippen LogP contribution < -0.4 is 11.1 Å². The minimum absolute atomic E-state index is 0.587. The number of nitrogens with two attached hydrogens (primary N) is 1. The third kappa shape index (κ3) is 4.53. The summed E-state index contributed by atoms with van der Waals surface area (Å²) in [6.07, 6.45) is 0. The highest BCUT2D eigenvalue weighted by atomic mass is 16.5. The van der Waals surface area contributed by atoms with Crippen molar-refractivity contribution in [2.45, 2.75) is 20.8 Å². The van der Waals surface area contributed by atoms with E-state index in [1.165, 1.54) is 5.56 Å². The first-order valence-corrected chi connectivity index (χ1v) is 5.77. The van der Waals surface area contributed by atoms with E-state index in [9.17, 15) is 0 Å². The molecule has 3 heteroatoms. The Morgan fingerprint density at radius 3 is 2.81 bits per heavy atom. The highest BCUT2D eigenvalue weighted by Crippen LogP contribution is 2.18. The summed E-state index contributed by atoms with van der Waals surface area (Å²) in [4.78, 5) is 0. The van der Waals surface area contributed by atoms with Gasteiger partial charge in [0.15, 0.2) is 0 Å². The van der Waals surface area contributed by atoms with Crippen LogP contribution in [0, 0.1) is 12.8 Å². The van der Waals surface area contributed by atoms with Crippen LogP contribution in [0.15, 0.2) is 18.2 Å². The monoisotopic (exact) mass is 222 g/mol. The highest BCUT2D eigenvalue weighted by molar-refractivity contribution is 5.66. The molecule has 0 atom stereocenters. The van der Waals surface area contributed by atoms with Crippen molar-refractivity contribution < 1.29 is 4.74 Å². The summed E-state index contributed by atoms with van der Waals surface area (Å²) in [5, 5.41) is 3.28. The fourth-order valence-corrected chi connectivity index (χ4v) is 1.40. The predicted molar refractivity (Wildman–Crippen MR) is 69.7 cm³/mol. The Hall–Kier alpha value is -1.22. The lowest BCUT2D eigenvalue weighted by atomic mass is 10.2. The second-order valence-electron chi connectivity index (χ2n) is 4.49. The van der Waals surface area contributed by atoms with Crippen molar-refractivity contribution in [1.29, 1.82) is 0 Å². The van der Waals surface area contributed by atoms with Crippen LogP contribution >= 0.6 is 0 Å². The van der Waals surface area contributed by atoms with Gasteiger partial charge < -0.3 is 15.8 Å². The van der Waals surface area contributed by atoms with Gasteiger partial charge in [0.25, 0.3) is 0 Å². The van der Waals surface area contributed by atoms with Crippen LogP contribution in [0.2, 0.25) is 0 Å². The molecule has 1 aromatic rings. The molecule has 0 aliphatic heterocycles. The summed E-state index contributed by atoms with van der Waals surface area (Å²) in [5.41, 5.74) is 8.84. The number of ether oxygens (including phenoxy) is 1. The van der Waals surface area contributed by atoms with Crippen molar-refractivity contribution in [2.75, 3.05) is 30.8 Å². The number of hydrogen-bond acceptors (Lipinski definition) is 3. The molecule has 0 heterocycles. The van der Waals surface area contributed by atoms with E-state index < -0.39 is 0 Å². The number of nitrogens with one attached hydrogen (secondary N) is 1. The van der Waals surface area contributed by atoms with Gasteiger partial charge in [0.05, 0.1) is 18.0 Å². The molecule has 0 saturated carbocycles. The Kier molecular flexibility index (Phi) is 5.12. The topological polar surface area (TPSA) is 47.3 Å². The number of aryl methyl sites for hydroxylation is 1. The molecule has 3 N–H and O–H groups in total. The van der Waals surface area contributed by atoms with Crippen molar-refractivity contribution in [3.05, 3.63) is 23.8 Å². The van der Waals surface area contributed by atoms with Crippen LogP contribution in [0.1, 0.15) is 19.4 Å². The highest BCUT2D eigenvalue weighted by Gasteiger charge is 1.98. The maximum atomic E-state index is 5.85. The van der Waals surface area contributed by atoms with Crippen molar-refractivity contribution in [2.24, 2.45) is 5.92 Å². The fraction of sp³-hybridized carbons (Fsp3) is 0.538. The lowest BCUT2D eigenvalue weighted by Gasteiger charge is -2.11. The molecule has 90 valence electrons. The van der Waals surface area contributed by atoms with Gasteiger partial charge in [-0.15, -0.1) is 0 Å². The van der Waals surface area contributed by atoms with Gasteiger partial charge >= 0.3 is 0 Å². The predicted octanol–water partition coefficient (Wildman–Crippen LogP) is 2.66. The van der Waals surface area contributed by atoms with E-state index in [0.717, 1.165) is 24.5 Å². The fourth-order valence-electron chi connectivity index (χ4n) is 1.40. The molecule has 1 rings (SSSR count). The number of benzene rings is 1. The molecular formula is C13H22N2O. The Balaban J connectivity index is 2.29. The molecule has 0 radical (unpaired) electrons. The second kappa shape index (κ2) is 6.38. The standard InChI is InChI=1S/C13H22N2O/c1-10(2)9-16-7-6-15-13-8-11(3)4-5-12(13)14/h4-5,8,10,15H,6-7,9,14H2,1-3H3. The molecule has 0 bridgehead atoms. The van der Waals surface area contributed by atoms with E-state index in [0.29, 0.717) is 12.5 Å². The smallest absolute Gasteiger partial charge is 0.0639 e. The van der Waals surface area contributed by atoms with Crippen LogP contribution in [0.3, 0.4) is 0 Å². The lowest BCUT2D eigenvalue weighted by molar-refractivity contribution is 0.118. The van der Waals surface area contributed by atoms with Gasteiger partial charge in [-0.3, -0.25) is 0 Å². The molecule has 1 aromatic carbocycles. The normalized spacial score (nSPS) is 10.8. The largest absolute Gasteiger partial charge is 0.397 e. The lowest BCUT2D eigenvalue weighted by Crippen LogP contribution is -2.13. The molecule has 16 heavy (non-hydrogen) atoms. The van der Waals surface area contributed by atoms with Gasteiger partial charge in [0.1, 0.15) is 0 Å². The third-order valence-corrected chi connectivity index (χ3v) is 2.22. The van der Waals surface area contributed by atoms with Crippen LogP contribution in [0.25, 0.3) is 0 Å². The van der Waals surface area contributed by atoms with E-state index in [1.807, 2.05) is 12.1 Å². The van der Waals surface area contributed by atoms with Gasteiger partial charge in [0.2, 0.25) is 0 Å². The molecule has 0 spiro atoms. The SMILES string of the molecule is Cc1ccc(N)c(NCCOCC(C)C)c1. The average molecular weight is 222 g/mol.